The van der Waals surface area contributed by atoms with Gasteiger partial charge in [0.15, 0.2) is 0 Å². The molecule has 0 aromatic rings. The number of nitrogens with one attached hydrogen (secondary N) is 1. The van der Waals surface area contributed by atoms with Crippen molar-refractivity contribution >= 4 is 5.97 Å². The molecule has 0 amide bonds. The predicted octanol–water partition coefficient (Wildman–Crippen LogP) is 1.65. The molecule has 0 heterocycles. The Hall–Kier alpha value is -0.610. The van der Waals surface area contributed by atoms with E-state index in [-0.39, 0.29) is 5.97 Å². The fourth-order valence-electron chi connectivity index (χ4n) is 2.81. The van der Waals surface area contributed by atoms with Crippen molar-refractivity contribution in [3.8, 4) is 0 Å². The SMILES string of the molecule is COC(=O)C(C)(NCCN(C)C)C1CCCCC1. The summed E-state index contributed by atoms with van der Waals surface area (Å²) in [4.78, 5) is 14.2. The van der Waals surface area contributed by atoms with Crippen molar-refractivity contribution in [2.45, 2.75) is 44.6 Å². The summed E-state index contributed by atoms with van der Waals surface area (Å²) in [6.07, 6.45) is 6.01. The molecule has 18 heavy (non-hydrogen) atoms. The number of ether oxygens (including phenoxy) is 1. The van der Waals surface area contributed by atoms with Crippen molar-refractivity contribution in [1.29, 1.82) is 0 Å². The van der Waals surface area contributed by atoms with Crippen LogP contribution in [0.3, 0.4) is 0 Å². The fourth-order valence-corrected chi connectivity index (χ4v) is 2.81. The van der Waals surface area contributed by atoms with E-state index in [4.69, 9.17) is 4.74 Å². The Balaban J connectivity index is 2.64. The van der Waals surface area contributed by atoms with E-state index in [0.29, 0.717) is 5.92 Å². The lowest BCUT2D eigenvalue weighted by Gasteiger charge is -2.38. The number of likely N-dealkylation sites (N-methyl/N-ethyl adjacent to an activating group) is 1. The Kier molecular flexibility index (Phi) is 6.09. The van der Waals surface area contributed by atoms with Crippen LogP contribution in [0.5, 0.6) is 0 Å². The zero-order chi connectivity index (χ0) is 13.6. The Labute approximate surface area is 111 Å². The van der Waals surface area contributed by atoms with E-state index in [0.717, 1.165) is 25.9 Å². The van der Waals surface area contributed by atoms with Gasteiger partial charge >= 0.3 is 5.97 Å². The number of carbonyl (C=O) groups is 1. The molecule has 1 aliphatic rings. The molecule has 0 bridgehead atoms. The third-order valence-corrected chi connectivity index (χ3v) is 4.08. The number of esters is 1. The first kappa shape index (κ1) is 15.4. The zero-order valence-electron chi connectivity index (χ0n) is 12.3. The number of hydrogen-bond donors (Lipinski definition) is 1. The summed E-state index contributed by atoms with van der Waals surface area (Å²) in [5, 5.41) is 3.43. The zero-order valence-corrected chi connectivity index (χ0v) is 12.3. The van der Waals surface area contributed by atoms with E-state index in [1.165, 1.54) is 26.4 Å². The van der Waals surface area contributed by atoms with Crippen LogP contribution in [0, 0.1) is 5.92 Å². The minimum Gasteiger partial charge on any atom is -0.468 e. The molecule has 4 nitrogen and oxygen atoms in total. The quantitative estimate of drug-likeness (QED) is 0.734. The van der Waals surface area contributed by atoms with Crippen molar-refractivity contribution in [3.05, 3.63) is 0 Å². The van der Waals surface area contributed by atoms with Crippen LogP contribution in [0.2, 0.25) is 0 Å². The van der Waals surface area contributed by atoms with E-state index in [1.807, 2.05) is 21.0 Å². The molecule has 1 rings (SSSR count). The lowest BCUT2D eigenvalue weighted by Crippen LogP contribution is -2.57. The molecular formula is C14H28N2O2. The first-order chi connectivity index (χ1) is 8.50. The van der Waals surface area contributed by atoms with Crippen molar-refractivity contribution in [1.82, 2.24) is 10.2 Å². The Bertz CT molecular complexity index is 263. The molecule has 4 heteroatoms. The second-order valence-corrected chi connectivity index (χ2v) is 5.76. The van der Waals surface area contributed by atoms with Gasteiger partial charge in [-0.2, -0.15) is 0 Å². The number of rotatable bonds is 6. The van der Waals surface area contributed by atoms with E-state index in [2.05, 4.69) is 10.2 Å². The summed E-state index contributed by atoms with van der Waals surface area (Å²) in [5.41, 5.74) is -0.523. The number of methoxy groups -OCH3 is 1. The minimum atomic E-state index is -0.523. The van der Waals surface area contributed by atoms with Gasteiger partial charge < -0.3 is 15.0 Å². The molecule has 1 aliphatic carbocycles. The average Bonchev–Trinajstić information content (AvgIpc) is 2.38. The molecule has 0 spiro atoms. The topological polar surface area (TPSA) is 41.6 Å². The minimum absolute atomic E-state index is 0.117. The predicted molar refractivity (Wildman–Crippen MR) is 73.6 cm³/mol. The van der Waals surface area contributed by atoms with Crippen LogP contribution in [0.1, 0.15) is 39.0 Å². The van der Waals surface area contributed by atoms with Crippen LogP contribution in [0.4, 0.5) is 0 Å². The van der Waals surface area contributed by atoms with Gasteiger partial charge in [0, 0.05) is 13.1 Å². The average molecular weight is 256 g/mol. The molecule has 0 aliphatic heterocycles. The lowest BCUT2D eigenvalue weighted by molar-refractivity contribution is -0.151. The third-order valence-electron chi connectivity index (χ3n) is 4.08. The molecule has 1 unspecified atom stereocenters. The maximum atomic E-state index is 12.1. The van der Waals surface area contributed by atoms with Crippen LogP contribution in [0.15, 0.2) is 0 Å². The molecule has 1 atom stereocenters. The summed E-state index contributed by atoms with van der Waals surface area (Å²) in [7, 11) is 5.56. The van der Waals surface area contributed by atoms with Crippen molar-refractivity contribution < 1.29 is 9.53 Å². The van der Waals surface area contributed by atoms with Gasteiger partial charge in [-0.25, -0.2) is 0 Å². The Morgan fingerprint density at radius 1 is 1.33 bits per heavy atom. The number of hydrogen-bond acceptors (Lipinski definition) is 4. The molecule has 0 aromatic carbocycles. The molecular weight excluding hydrogens is 228 g/mol. The largest absolute Gasteiger partial charge is 0.468 e. The summed E-state index contributed by atoms with van der Waals surface area (Å²) in [6, 6.07) is 0. The highest BCUT2D eigenvalue weighted by Gasteiger charge is 2.42. The van der Waals surface area contributed by atoms with Crippen LogP contribution in [-0.2, 0) is 9.53 Å². The molecule has 0 saturated heterocycles. The maximum Gasteiger partial charge on any atom is 0.326 e. The summed E-state index contributed by atoms with van der Waals surface area (Å²) in [6.45, 7) is 3.75. The van der Waals surface area contributed by atoms with E-state index in [1.54, 1.807) is 0 Å². The molecule has 0 aromatic heterocycles. The Morgan fingerprint density at radius 2 is 1.94 bits per heavy atom. The standard InChI is InChI=1S/C14H28N2O2/c1-14(13(17)18-4,15-10-11-16(2)3)12-8-6-5-7-9-12/h12,15H,5-11H2,1-4H3. The number of nitrogens with zero attached hydrogens (tertiary/aromatic N) is 1. The second kappa shape index (κ2) is 7.10. The maximum absolute atomic E-state index is 12.1. The van der Waals surface area contributed by atoms with Crippen LogP contribution >= 0.6 is 0 Å². The summed E-state index contributed by atoms with van der Waals surface area (Å²) in [5.74, 6) is 0.286. The molecule has 1 saturated carbocycles. The smallest absolute Gasteiger partial charge is 0.326 e. The van der Waals surface area contributed by atoms with Gasteiger partial charge in [-0.05, 0) is 39.8 Å². The van der Waals surface area contributed by atoms with Crippen molar-refractivity contribution in [2.24, 2.45) is 5.92 Å². The molecule has 1 N–H and O–H groups in total. The van der Waals surface area contributed by atoms with E-state index in [9.17, 15) is 4.79 Å². The van der Waals surface area contributed by atoms with Crippen LogP contribution < -0.4 is 5.32 Å². The van der Waals surface area contributed by atoms with Crippen LogP contribution in [0.25, 0.3) is 0 Å². The van der Waals surface area contributed by atoms with E-state index < -0.39 is 5.54 Å². The monoisotopic (exact) mass is 256 g/mol. The highest BCUT2D eigenvalue weighted by Crippen LogP contribution is 2.33. The lowest BCUT2D eigenvalue weighted by atomic mass is 9.75. The third kappa shape index (κ3) is 3.95. The highest BCUT2D eigenvalue weighted by molar-refractivity contribution is 5.80. The summed E-state index contributed by atoms with van der Waals surface area (Å²) < 4.78 is 5.01. The van der Waals surface area contributed by atoms with Gasteiger partial charge in [-0.3, -0.25) is 4.79 Å². The highest BCUT2D eigenvalue weighted by atomic mass is 16.5. The second-order valence-electron chi connectivity index (χ2n) is 5.76. The van der Waals surface area contributed by atoms with Crippen LogP contribution in [-0.4, -0.2) is 50.7 Å². The first-order valence-corrected chi connectivity index (χ1v) is 6.99. The van der Waals surface area contributed by atoms with Crippen molar-refractivity contribution in [3.63, 3.8) is 0 Å². The normalized spacial score (nSPS) is 20.7. The Morgan fingerprint density at radius 3 is 2.44 bits per heavy atom. The molecule has 1 fully saturated rings. The fraction of sp³-hybridized carbons (Fsp3) is 0.929. The van der Waals surface area contributed by atoms with Gasteiger partial charge in [0.25, 0.3) is 0 Å². The van der Waals surface area contributed by atoms with Gasteiger partial charge in [-0.1, -0.05) is 19.3 Å². The first-order valence-electron chi connectivity index (χ1n) is 6.99. The van der Waals surface area contributed by atoms with E-state index >= 15 is 0 Å². The van der Waals surface area contributed by atoms with Gasteiger partial charge in [0.05, 0.1) is 7.11 Å². The van der Waals surface area contributed by atoms with Gasteiger partial charge in [0.2, 0.25) is 0 Å². The van der Waals surface area contributed by atoms with Gasteiger partial charge in [0.1, 0.15) is 5.54 Å². The number of carbonyl (C=O) groups excluding carboxylic acids is 1. The molecule has 106 valence electrons. The summed E-state index contributed by atoms with van der Waals surface area (Å²) >= 11 is 0. The van der Waals surface area contributed by atoms with Gasteiger partial charge in [-0.15, -0.1) is 0 Å². The van der Waals surface area contributed by atoms with Crippen molar-refractivity contribution in [2.75, 3.05) is 34.3 Å². The molecule has 0 radical (unpaired) electrons.